The number of carbonyl (C=O) groups is 1. The smallest absolute Gasteiger partial charge is 0.287 e. The molecule has 1 fully saturated rings. The van der Waals surface area contributed by atoms with Crippen molar-refractivity contribution in [2.24, 2.45) is 0 Å². The summed E-state index contributed by atoms with van der Waals surface area (Å²) < 4.78 is 10.9. The van der Waals surface area contributed by atoms with Crippen LogP contribution in [-0.4, -0.2) is 25.2 Å². The molecule has 0 unspecified atom stereocenters. The van der Waals surface area contributed by atoms with E-state index in [-0.39, 0.29) is 12.0 Å². The van der Waals surface area contributed by atoms with E-state index in [2.05, 4.69) is 5.32 Å². The first-order valence-electron chi connectivity index (χ1n) is 7.37. The largest absolute Gasteiger partial charge is 0.459 e. The number of ether oxygens (including phenoxy) is 1. The maximum absolute atomic E-state index is 12.2. The highest BCUT2D eigenvalue weighted by atomic mass is 16.5. The van der Waals surface area contributed by atoms with Crippen molar-refractivity contribution in [3.05, 3.63) is 48.4 Å². The first kappa shape index (κ1) is 13.9. The number of rotatable bonds is 5. The summed E-state index contributed by atoms with van der Waals surface area (Å²) in [6, 6.07) is 11.6. The van der Waals surface area contributed by atoms with E-state index >= 15 is 0 Å². The van der Waals surface area contributed by atoms with Crippen molar-refractivity contribution in [3.63, 3.8) is 0 Å². The Morgan fingerprint density at radius 1 is 1.24 bits per heavy atom. The van der Waals surface area contributed by atoms with Crippen LogP contribution in [0.1, 0.15) is 29.8 Å². The summed E-state index contributed by atoms with van der Waals surface area (Å²) in [4.78, 5) is 12.2. The molecule has 1 atom stereocenters. The van der Waals surface area contributed by atoms with Gasteiger partial charge < -0.3 is 14.5 Å². The Kier molecular flexibility index (Phi) is 4.36. The van der Waals surface area contributed by atoms with Gasteiger partial charge in [0.15, 0.2) is 5.76 Å². The molecule has 1 N–H and O–H groups in total. The lowest BCUT2D eigenvalue weighted by atomic mass is 10.1. The molecular formula is C17H19NO3. The molecule has 3 rings (SSSR count). The highest BCUT2D eigenvalue weighted by Gasteiger charge is 2.18. The van der Waals surface area contributed by atoms with E-state index < -0.39 is 0 Å². The van der Waals surface area contributed by atoms with Gasteiger partial charge in [0.05, 0.1) is 12.4 Å². The lowest BCUT2D eigenvalue weighted by Gasteiger charge is -2.10. The zero-order chi connectivity index (χ0) is 14.5. The number of amides is 1. The van der Waals surface area contributed by atoms with Gasteiger partial charge in [-0.15, -0.1) is 0 Å². The third-order valence-electron chi connectivity index (χ3n) is 3.73. The van der Waals surface area contributed by atoms with Crippen molar-refractivity contribution in [2.45, 2.75) is 25.4 Å². The number of hydrogen-bond acceptors (Lipinski definition) is 3. The molecule has 110 valence electrons. The Morgan fingerprint density at radius 3 is 2.86 bits per heavy atom. The van der Waals surface area contributed by atoms with Crippen LogP contribution in [0.2, 0.25) is 0 Å². The molecule has 1 aliphatic heterocycles. The first-order chi connectivity index (χ1) is 10.3. The van der Waals surface area contributed by atoms with Crippen molar-refractivity contribution in [1.29, 1.82) is 0 Å². The van der Waals surface area contributed by atoms with Gasteiger partial charge >= 0.3 is 0 Å². The molecule has 0 radical (unpaired) electrons. The van der Waals surface area contributed by atoms with Gasteiger partial charge in [-0.05, 0) is 30.9 Å². The molecule has 2 aromatic rings. The van der Waals surface area contributed by atoms with E-state index in [1.54, 1.807) is 6.26 Å². The monoisotopic (exact) mass is 285 g/mol. The number of furan rings is 1. The van der Waals surface area contributed by atoms with Gasteiger partial charge in [0.25, 0.3) is 5.91 Å². The van der Waals surface area contributed by atoms with Gasteiger partial charge in [0.2, 0.25) is 0 Å². The third kappa shape index (κ3) is 3.34. The highest BCUT2D eigenvalue weighted by Crippen LogP contribution is 2.24. The van der Waals surface area contributed by atoms with Gasteiger partial charge in [-0.2, -0.15) is 0 Å². The van der Waals surface area contributed by atoms with E-state index in [9.17, 15) is 4.79 Å². The maximum Gasteiger partial charge on any atom is 0.287 e. The zero-order valence-electron chi connectivity index (χ0n) is 11.9. The van der Waals surface area contributed by atoms with Crippen LogP contribution in [-0.2, 0) is 4.74 Å². The summed E-state index contributed by atoms with van der Waals surface area (Å²) in [7, 11) is 0. The normalized spacial score (nSPS) is 17.8. The van der Waals surface area contributed by atoms with Crippen LogP contribution in [0.15, 0.2) is 47.1 Å². The quantitative estimate of drug-likeness (QED) is 0.917. The molecule has 0 aliphatic carbocycles. The van der Waals surface area contributed by atoms with E-state index in [1.807, 2.05) is 36.4 Å². The third-order valence-corrected chi connectivity index (χ3v) is 3.73. The molecule has 4 heteroatoms. The molecule has 0 bridgehead atoms. The van der Waals surface area contributed by atoms with Gasteiger partial charge in [0, 0.05) is 18.7 Å². The molecule has 4 nitrogen and oxygen atoms in total. The van der Waals surface area contributed by atoms with Crippen molar-refractivity contribution in [1.82, 2.24) is 5.32 Å². The fourth-order valence-corrected chi connectivity index (χ4v) is 2.63. The van der Waals surface area contributed by atoms with Crippen LogP contribution in [0.5, 0.6) is 0 Å². The molecular weight excluding hydrogens is 266 g/mol. The van der Waals surface area contributed by atoms with Crippen LogP contribution in [0.3, 0.4) is 0 Å². The fraction of sp³-hybridized carbons (Fsp3) is 0.353. The van der Waals surface area contributed by atoms with Gasteiger partial charge in [0.1, 0.15) is 0 Å². The predicted octanol–water partition coefficient (Wildman–Crippen LogP) is 3.25. The minimum absolute atomic E-state index is 0.170. The van der Waals surface area contributed by atoms with Crippen molar-refractivity contribution in [2.75, 3.05) is 13.2 Å². The molecule has 1 aliphatic rings. The Hall–Kier alpha value is -2.07. The SMILES string of the molecule is O=C(NCC[C@H]1CCCO1)c1occc1-c1ccccc1. The molecule has 1 aromatic carbocycles. The molecule has 0 saturated carbocycles. The summed E-state index contributed by atoms with van der Waals surface area (Å²) in [6.45, 7) is 1.45. The summed E-state index contributed by atoms with van der Waals surface area (Å²) in [5.74, 6) is 0.199. The summed E-state index contributed by atoms with van der Waals surface area (Å²) in [5, 5.41) is 2.91. The van der Waals surface area contributed by atoms with Crippen molar-refractivity contribution < 1.29 is 13.9 Å². The average molecular weight is 285 g/mol. The van der Waals surface area contributed by atoms with Gasteiger partial charge in [-0.25, -0.2) is 0 Å². The van der Waals surface area contributed by atoms with E-state index in [1.165, 1.54) is 0 Å². The van der Waals surface area contributed by atoms with Crippen LogP contribution < -0.4 is 5.32 Å². The van der Waals surface area contributed by atoms with Crippen LogP contribution in [0, 0.1) is 0 Å². The highest BCUT2D eigenvalue weighted by molar-refractivity contribution is 5.98. The number of carbonyl (C=O) groups excluding carboxylic acids is 1. The molecule has 21 heavy (non-hydrogen) atoms. The van der Waals surface area contributed by atoms with E-state index in [0.29, 0.717) is 12.3 Å². The number of hydrogen-bond donors (Lipinski definition) is 1. The second kappa shape index (κ2) is 6.59. The first-order valence-corrected chi connectivity index (χ1v) is 7.37. The topological polar surface area (TPSA) is 51.5 Å². The Balaban J connectivity index is 1.61. The fourth-order valence-electron chi connectivity index (χ4n) is 2.63. The Morgan fingerprint density at radius 2 is 2.10 bits per heavy atom. The van der Waals surface area contributed by atoms with Gasteiger partial charge in [-0.3, -0.25) is 4.79 Å². The lowest BCUT2D eigenvalue weighted by Crippen LogP contribution is -2.27. The molecule has 0 spiro atoms. The summed E-state index contributed by atoms with van der Waals surface area (Å²) in [5.41, 5.74) is 1.81. The molecule has 1 saturated heterocycles. The Bertz CT molecular complexity index is 585. The standard InChI is InChI=1S/C17H19NO3/c19-17(18-10-8-14-7-4-11-20-14)16-15(9-12-21-16)13-5-2-1-3-6-13/h1-3,5-6,9,12,14H,4,7-8,10-11H2,(H,18,19)/t14-/m1/s1. The number of benzene rings is 1. The summed E-state index contributed by atoms with van der Waals surface area (Å²) in [6.07, 6.45) is 4.90. The maximum atomic E-state index is 12.2. The van der Waals surface area contributed by atoms with Gasteiger partial charge in [-0.1, -0.05) is 30.3 Å². The molecule has 1 aromatic heterocycles. The van der Waals surface area contributed by atoms with E-state index in [0.717, 1.165) is 37.0 Å². The van der Waals surface area contributed by atoms with Crippen LogP contribution in [0.25, 0.3) is 11.1 Å². The van der Waals surface area contributed by atoms with Crippen LogP contribution in [0.4, 0.5) is 0 Å². The molecule has 1 amide bonds. The second-order valence-corrected chi connectivity index (χ2v) is 5.21. The second-order valence-electron chi connectivity index (χ2n) is 5.21. The minimum Gasteiger partial charge on any atom is -0.459 e. The van der Waals surface area contributed by atoms with Crippen molar-refractivity contribution in [3.8, 4) is 11.1 Å². The van der Waals surface area contributed by atoms with E-state index in [4.69, 9.17) is 9.15 Å². The summed E-state index contributed by atoms with van der Waals surface area (Å²) >= 11 is 0. The Labute approximate surface area is 124 Å². The predicted molar refractivity (Wildman–Crippen MR) is 80.1 cm³/mol. The van der Waals surface area contributed by atoms with Crippen molar-refractivity contribution >= 4 is 5.91 Å². The molecule has 2 heterocycles. The lowest BCUT2D eigenvalue weighted by molar-refractivity contribution is 0.0885. The number of nitrogens with one attached hydrogen (secondary N) is 1. The average Bonchev–Trinajstić information content (AvgIpc) is 3.19. The minimum atomic E-state index is -0.170. The zero-order valence-corrected chi connectivity index (χ0v) is 11.9. The van der Waals surface area contributed by atoms with Crippen LogP contribution >= 0.6 is 0 Å².